The second-order valence-electron chi connectivity index (χ2n) is 12.0. The van der Waals surface area contributed by atoms with Gasteiger partial charge in [-0.25, -0.2) is 4.98 Å². The molecule has 48 heavy (non-hydrogen) atoms. The summed E-state index contributed by atoms with van der Waals surface area (Å²) in [5.74, 6) is 0.867. The highest BCUT2D eigenvalue weighted by Crippen LogP contribution is 2.47. The van der Waals surface area contributed by atoms with Crippen LogP contribution in [0.5, 0.6) is 0 Å². The Morgan fingerprint density at radius 2 is 0.917 bits per heavy atom. The molecule has 0 aliphatic heterocycles. The van der Waals surface area contributed by atoms with Crippen molar-refractivity contribution in [3.05, 3.63) is 175 Å². The van der Waals surface area contributed by atoms with Crippen molar-refractivity contribution in [3.63, 3.8) is 0 Å². The molecule has 4 nitrogen and oxygen atoms in total. The summed E-state index contributed by atoms with van der Waals surface area (Å²) < 4.78 is 0. The molecule has 1 heterocycles. The van der Waals surface area contributed by atoms with Gasteiger partial charge >= 0.3 is 0 Å². The molecule has 9 rings (SSSR count). The Balaban J connectivity index is 1.30. The van der Waals surface area contributed by atoms with E-state index < -0.39 is 0 Å². The molecule has 1 aromatic heterocycles. The van der Waals surface area contributed by atoms with Gasteiger partial charge in [0, 0.05) is 33.2 Å². The molecule has 4 heteroatoms. The SMILES string of the molecule is N#Cc1ccc(N(c2ccccc2)c2ccc3ccc4c(N(c5ccccc5)c5ccc6ccccc6n5)ccc5ccc2c3c54)cc1. The summed E-state index contributed by atoms with van der Waals surface area (Å²) in [6, 6.07) is 61.4. The van der Waals surface area contributed by atoms with E-state index in [1.807, 2.05) is 48.5 Å². The lowest BCUT2D eigenvalue weighted by atomic mass is 9.92. The van der Waals surface area contributed by atoms with Gasteiger partial charge in [-0.3, -0.25) is 4.90 Å². The molecule has 8 aromatic carbocycles. The zero-order valence-corrected chi connectivity index (χ0v) is 26.0. The van der Waals surface area contributed by atoms with E-state index in [2.05, 4.69) is 137 Å². The molecule has 0 bridgehead atoms. The molecule has 224 valence electrons. The highest BCUT2D eigenvalue weighted by Gasteiger charge is 2.22. The Labute approximate surface area is 278 Å². The number of nitrogens with zero attached hydrogens (tertiary/aromatic N) is 4. The minimum absolute atomic E-state index is 0.638. The first-order chi connectivity index (χ1) is 23.8. The topological polar surface area (TPSA) is 43.2 Å². The third-order valence-electron chi connectivity index (χ3n) is 9.20. The molecule has 0 atom stereocenters. The second-order valence-corrected chi connectivity index (χ2v) is 12.0. The first kappa shape index (κ1) is 27.6. The Bertz CT molecular complexity index is 2620. The average molecular weight is 613 g/mol. The van der Waals surface area contributed by atoms with Gasteiger partial charge in [0.15, 0.2) is 0 Å². The van der Waals surface area contributed by atoms with E-state index in [1.54, 1.807) is 0 Å². The van der Waals surface area contributed by atoms with Gasteiger partial charge < -0.3 is 4.90 Å². The van der Waals surface area contributed by atoms with Crippen LogP contribution in [0.15, 0.2) is 170 Å². The van der Waals surface area contributed by atoms with Crippen molar-refractivity contribution in [2.75, 3.05) is 9.80 Å². The lowest BCUT2D eigenvalue weighted by Gasteiger charge is -2.29. The molecule has 0 spiro atoms. The molecule has 0 saturated carbocycles. The third kappa shape index (κ3) is 4.49. The summed E-state index contributed by atoms with van der Waals surface area (Å²) in [6.07, 6.45) is 0. The van der Waals surface area contributed by atoms with Crippen molar-refractivity contribution in [2.45, 2.75) is 0 Å². The van der Waals surface area contributed by atoms with Crippen LogP contribution in [0.3, 0.4) is 0 Å². The number of nitriles is 1. The minimum Gasteiger partial charge on any atom is -0.310 e. The van der Waals surface area contributed by atoms with E-state index in [4.69, 9.17) is 4.98 Å². The fourth-order valence-electron chi connectivity index (χ4n) is 7.00. The lowest BCUT2D eigenvalue weighted by Crippen LogP contribution is -2.12. The Morgan fingerprint density at radius 1 is 0.417 bits per heavy atom. The normalized spacial score (nSPS) is 11.3. The molecule has 9 aromatic rings. The number of pyridine rings is 1. The van der Waals surface area contributed by atoms with E-state index in [0.29, 0.717) is 5.56 Å². The second kappa shape index (κ2) is 11.3. The van der Waals surface area contributed by atoms with Gasteiger partial charge in [-0.15, -0.1) is 0 Å². The van der Waals surface area contributed by atoms with E-state index >= 15 is 0 Å². The van der Waals surface area contributed by atoms with Gasteiger partial charge in [-0.2, -0.15) is 5.26 Å². The van der Waals surface area contributed by atoms with Crippen LogP contribution in [0, 0.1) is 11.3 Å². The Hall–Kier alpha value is -6.70. The minimum atomic E-state index is 0.638. The third-order valence-corrected chi connectivity index (χ3v) is 9.20. The molecule has 0 amide bonds. The predicted molar refractivity (Wildman–Crippen MR) is 200 cm³/mol. The maximum Gasteiger partial charge on any atom is 0.138 e. The van der Waals surface area contributed by atoms with E-state index in [9.17, 15) is 5.26 Å². The summed E-state index contributed by atoms with van der Waals surface area (Å²) in [5.41, 5.74) is 6.84. The molecule has 0 fully saturated rings. The summed E-state index contributed by atoms with van der Waals surface area (Å²) >= 11 is 0. The van der Waals surface area contributed by atoms with Crippen molar-refractivity contribution >= 4 is 77.5 Å². The molecule has 0 saturated heterocycles. The van der Waals surface area contributed by atoms with Gasteiger partial charge in [-0.05, 0) is 100 Å². The molecule has 0 aliphatic carbocycles. The van der Waals surface area contributed by atoms with Crippen molar-refractivity contribution in [1.82, 2.24) is 4.98 Å². The van der Waals surface area contributed by atoms with Gasteiger partial charge in [0.2, 0.25) is 0 Å². The maximum absolute atomic E-state index is 9.48. The van der Waals surface area contributed by atoms with Crippen LogP contribution < -0.4 is 9.80 Å². The molecule has 0 unspecified atom stereocenters. The molecule has 0 N–H and O–H groups in total. The fourth-order valence-corrected chi connectivity index (χ4v) is 7.00. The van der Waals surface area contributed by atoms with Crippen LogP contribution in [0.4, 0.5) is 34.3 Å². The largest absolute Gasteiger partial charge is 0.310 e. The standard InChI is InChI=1S/C44H28N4/c45-29-30-15-22-36(23-16-30)47(34-10-3-1-4-11-34)40-26-19-32-18-25-38-41(27-20-33-17-24-37(40)43(32)44(33)38)48(35-12-5-2-6-13-35)42-28-21-31-9-7-8-14-39(31)46-42/h1-28H. The monoisotopic (exact) mass is 612 g/mol. The Morgan fingerprint density at radius 3 is 1.54 bits per heavy atom. The fraction of sp³-hybridized carbons (Fsp3) is 0. The number of para-hydroxylation sites is 3. The van der Waals surface area contributed by atoms with Gasteiger partial charge in [0.1, 0.15) is 5.82 Å². The van der Waals surface area contributed by atoms with Gasteiger partial charge in [0.25, 0.3) is 0 Å². The van der Waals surface area contributed by atoms with Crippen LogP contribution >= 0.6 is 0 Å². The van der Waals surface area contributed by atoms with Crippen molar-refractivity contribution in [2.24, 2.45) is 0 Å². The van der Waals surface area contributed by atoms with Gasteiger partial charge in [-0.1, -0.05) is 91.0 Å². The summed E-state index contributed by atoms with van der Waals surface area (Å²) in [4.78, 5) is 9.70. The number of benzene rings is 8. The van der Waals surface area contributed by atoms with E-state index in [0.717, 1.165) is 55.9 Å². The predicted octanol–water partition coefficient (Wildman–Crippen LogP) is 11.9. The summed E-state index contributed by atoms with van der Waals surface area (Å²) in [5, 5.41) is 17.7. The number of anilines is 6. The molecular formula is C44H28N4. The zero-order chi connectivity index (χ0) is 32.0. The zero-order valence-electron chi connectivity index (χ0n) is 26.0. The lowest BCUT2D eigenvalue weighted by molar-refractivity contribution is 1.22. The number of fused-ring (bicyclic) bond motifs is 1. The first-order valence-electron chi connectivity index (χ1n) is 16.0. The van der Waals surface area contributed by atoms with Gasteiger partial charge in [0.05, 0.1) is 28.5 Å². The number of hydrogen-bond donors (Lipinski definition) is 0. The van der Waals surface area contributed by atoms with Crippen molar-refractivity contribution < 1.29 is 0 Å². The van der Waals surface area contributed by atoms with Crippen LogP contribution in [-0.2, 0) is 0 Å². The van der Waals surface area contributed by atoms with Crippen molar-refractivity contribution in [3.8, 4) is 6.07 Å². The number of rotatable bonds is 6. The van der Waals surface area contributed by atoms with Crippen molar-refractivity contribution in [1.29, 1.82) is 5.26 Å². The molecule has 0 aliphatic rings. The smallest absolute Gasteiger partial charge is 0.138 e. The summed E-state index contributed by atoms with van der Waals surface area (Å²) in [7, 11) is 0. The molecular weight excluding hydrogens is 585 g/mol. The average Bonchev–Trinajstić information content (AvgIpc) is 3.16. The van der Waals surface area contributed by atoms with Crippen LogP contribution in [0.25, 0.3) is 43.2 Å². The highest BCUT2D eigenvalue weighted by molar-refractivity contribution is 6.28. The van der Waals surface area contributed by atoms with E-state index in [1.165, 1.54) is 21.5 Å². The van der Waals surface area contributed by atoms with Crippen LogP contribution in [0.2, 0.25) is 0 Å². The highest BCUT2D eigenvalue weighted by atomic mass is 15.2. The number of hydrogen-bond acceptors (Lipinski definition) is 4. The van der Waals surface area contributed by atoms with Crippen LogP contribution in [-0.4, -0.2) is 4.98 Å². The van der Waals surface area contributed by atoms with Crippen LogP contribution in [0.1, 0.15) is 5.56 Å². The maximum atomic E-state index is 9.48. The molecule has 0 radical (unpaired) electrons. The quantitative estimate of drug-likeness (QED) is 0.175. The number of aromatic nitrogens is 1. The Kier molecular flexibility index (Phi) is 6.48. The first-order valence-corrected chi connectivity index (χ1v) is 16.0. The summed E-state index contributed by atoms with van der Waals surface area (Å²) in [6.45, 7) is 0. The van der Waals surface area contributed by atoms with E-state index in [-0.39, 0.29) is 0 Å².